The average Bonchev–Trinajstić information content (AvgIpc) is 3.37. The van der Waals surface area contributed by atoms with Crippen LogP contribution in [0.3, 0.4) is 0 Å². The summed E-state index contributed by atoms with van der Waals surface area (Å²) in [6.45, 7) is 22.2. The summed E-state index contributed by atoms with van der Waals surface area (Å²) < 4.78 is 0. The highest BCUT2D eigenvalue weighted by Crippen LogP contribution is 2.30. The average molecular weight is 946 g/mol. The number of hydrogen-bond donors (Lipinski definition) is 0. The van der Waals surface area contributed by atoms with Crippen molar-refractivity contribution in [1.82, 2.24) is 0 Å². The van der Waals surface area contributed by atoms with E-state index in [0.29, 0.717) is 0 Å². The van der Waals surface area contributed by atoms with Gasteiger partial charge in [0.05, 0.1) is 0 Å². The van der Waals surface area contributed by atoms with E-state index in [1.54, 1.807) is 27.8 Å². The Balaban J connectivity index is 0.000000544. The quantitative estimate of drug-likeness (QED) is 0.0531. The van der Waals surface area contributed by atoms with Crippen molar-refractivity contribution in [2.75, 3.05) is 0 Å². The molecule has 0 heterocycles. The molecule has 70 heavy (non-hydrogen) atoms. The van der Waals surface area contributed by atoms with Gasteiger partial charge in [0, 0.05) is 0 Å². The molecule has 0 aliphatic rings. The van der Waals surface area contributed by atoms with E-state index in [0.717, 1.165) is 0 Å². The van der Waals surface area contributed by atoms with Gasteiger partial charge in [-0.25, -0.2) is 0 Å². The molecule has 0 N–H and O–H groups in total. The molecule has 0 heteroatoms. The maximum atomic E-state index is 2.69. The van der Waals surface area contributed by atoms with E-state index in [1.807, 2.05) is 91.0 Å². The lowest BCUT2D eigenvalue weighted by Crippen LogP contribution is -2.08. The zero-order chi connectivity index (χ0) is 51.1. The lowest BCUT2D eigenvalue weighted by molar-refractivity contribution is 0.609. The molecule has 0 saturated carbocycles. The van der Waals surface area contributed by atoms with Crippen molar-refractivity contribution in [3.05, 3.63) is 213 Å². The van der Waals surface area contributed by atoms with Crippen LogP contribution in [0.1, 0.15) is 212 Å². The second-order valence-corrected chi connectivity index (χ2v) is 19.7. The highest BCUT2D eigenvalue weighted by atomic mass is 14.2. The smallest absolute Gasteiger partial charge is 0.0273 e. The number of hydrogen-bond acceptors (Lipinski definition) is 0. The van der Waals surface area contributed by atoms with Crippen molar-refractivity contribution in [3.63, 3.8) is 0 Å². The molecule has 384 valence electrons. The van der Waals surface area contributed by atoms with Crippen molar-refractivity contribution >= 4 is 0 Å². The monoisotopic (exact) mass is 945 g/mol. The fourth-order valence-corrected chi connectivity index (χ4v) is 8.47. The summed E-state index contributed by atoms with van der Waals surface area (Å²) in [6, 6.07) is 54.0. The van der Waals surface area contributed by atoms with Gasteiger partial charge in [-0.2, -0.15) is 0 Å². The second-order valence-electron chi connectivity index (χ2n) is 19.7. The summed E-state index contributed by atoms with van der Waals surface area (Å²) in [5, 5.41) is 0. The molecule has 6 aromatic carbocycles. The Hall–Kier alpha value is -4.68. The van der Waals surface area contributed by atoms with Crippen LogP contribution in [0.2, 0.25) is 0 Å². The Bertz CT molecular complexity index is 1760. The first-order chi connectivity index (χ1) is 34.2. The van der Waals surface area contributed by atoms with Gasteiger partial charge in [0.2, 0.25) is 0 Å². The van der Waals surface area contributed by atoms with Gasteiger partial charge in [-0.05, 0) is 121 Å². The molecular formula is C70H104. The van der Waals surface area contributed by atoms with E-state index >= 15 is 0 Å². The number of aryl methyl sites for hydroxylation is 7. The van der Waals surface area contributed by atoms with Crippen LogP contribution in [-0.4, -0.2) is 0 Å². The number of benzene rings is 6. The van der Waals surface area contributed by atoms with Crippen LogP contribution < -0.4 is 0 Å². The first-order valence-electron chi connectivity index (χ1n) is 28.4. The molecule has 0 aliphatic carbocycles. The number of unbranched alkanes of at least 4 members (excludes halogenated alkanes) is 16. The molecular weight excluding hydrogens is 841 g/mol. The highest BCUT2D eigenvalue weighted by Gasteiger charge is 2.15. The van der Waals surface area contributed by atoms with Crippen LogP contribution in [0.25, 0.3) is 0 Å². The Morgan fingerprint density at radius 2 is 0.457 bits per heavy atom. The summed E-state index contributed by atoms with van der Waals surface area (Å²) in [7, 11) is 0. The molecule has 6 rings (SSSR count). The molecule has 0 saturated heterocycles. The fourth-order valence-electron chi connectivity index (χ4n) is 8.47. The summed E-state index contributed by atoms with van der Waals surface area (Å²) in [5.74, 6) is 0. The summed E-state index contributed by atoms with van der Waals surface area (Å²) in [5.41, 5.74) is 15.3. The van der Waals surface area contributed by atoms with Crippen LogP contribution in [0.15, 0.2) is 158 Å². The molecule has 0 unspecified atom stereocenters. The normalized spacial score (nSPS) is 10.1. The van der Waals surface area contributed by atoms with Crippen molar-refractivity contribution in [2.45, 2.75) is 223 Å². The predicted octanol–water partition coefficient (Wildman–Crippen LogP) is 22.0. The van der Waals surface area contributed by atoms with Gasteiger partial charge < -0.3 is 0 Å². The minimum absolute atomic E-state index is 1.30. The van der Waals surface area contributed by atoms with Crippen molar-refractivity contribution in [3.8, 4) is 0 Å². The van der Waals surface area contributed by atoms with Crippen molar-refractivity contribution < 1.29 is 0 Å². The summed E-state index contributed by atoms with van der Waals surface area (Å²) in [4.78, 5) is 0. The minimum Gasteiger partial charge on any atom is -0.0654 e. The molecule has 6 aromatic rings. The first kappa shape index (κ1) is 63.3. The molecule has 0 amide bonds. The van der Waals surface area contributed by atoms with Gasteiger partial charge >= 0.3 is 0 Å². The third kappa shape index (κ3) is 35.4. The van der Waals surface area contributed by atoms with Gasteiger partial charge in [-0.1, -0.05) is 316 Å². The van der Waals surface area contributed by atoms with E-state index in [4.69, 9.17) is 0 Å². The van der Waals surface area contributed by atoms with E-state index in [9.17, 15) is 0 Å². The standard InChI is InChI=1S/C35H64.5C7H8/c1-6-10-14-18-22-26-32-30-33(27-23-19-15-11-7-2)35(29-25-21-17-13-9-4)34(31(32)5)28-24-20-16-12-8-3;5*1-7-5-3-2-4-6-7/h30H,6-29H2,1-5H3;5*2-6H,1H3. The zero-order valence-corrected chi connectivity index (χ0v) is 47.0. The summed E-state index contributed by atoms with van der Waals surface area (Å²) >= 11 is 0. The molecule has 0 nitrogen and oxygen atoms in total. The Kier molecular flexibility index (Phi) is 41.1. The van der Waals surface area contributed by atoms with Gasteiger partial charge in [-0.3, -0.25) is 0 Å². The minimum atomic E-state index is 1.30. The largest absolute Gasteiger partial charge is 0.0654 e. The fraction of sp³-hybridized carbons (Fsp3) is 0.486. The van der Waals surface area contributed by atoms with Gasteiger partial charge in [-0.15, -0.1) is 0 Å². The molecule has 0 radical (unpaired) electrons. The maximum absolute atomic E-state index is 2.69. The van der Waals surface area contributed by atoms with E-state index in [1.165, 1.54) is 182 Å². The molecule has 0 aromatic heterocycles. The maximum Gasteiger partial charge on any atom is -0.0273 e. The lowest BCUT2D eigenvalue weighted by Gasteiger charge is -2.22. The Labute approximate surface area is 434 Å². The predicted molar refractivity (Wildman–Crippen MR) is 317 cm³/mol. The van der Waals surface area contributed by atoms with Crippen LogP contribution >= 0.6 is 0 Å². The van der Waals surface area contributed by atoms with Crippen LogP contribution in [-0.2, 0) is 25.7 Å². The van der Waals surface area contributed by atoms with Gasteiger partial charge in [0.15, 0.2) is 0 Å². The van der Waals surface area contributed by atoms with Crippen LogP contribution in [0.5, 0.6) is 0 Å². The molecule has 0 bridgehead atoms. The van der Waals surface area contributed by atoms with Crippen LogP contribution in [0, 0.1) is 41.5 Å². The summed E-state index contributed by atoms with van der Waals surface area (Å²) in [6.07, 6.45) is 33.2. The second kappa shape index (κ2) is 45.5. The SMILES string of the molecule is CCCCCCCc1cc(CCCCCCC)c(CCCCCCC)c(CCCCCCC)c1C.Cc1ccccc1.Cc1ccccc1.Cc1ccccc1.Cc1ccccc1.Cc1ccccc1. The van der Waals surface area contributed by atoms with Crippen LogP contribution in [0.4, 0.5) is 0 Å². The third-order valence-electron chi connectivity index (χ3n) is 12.9. The molecule has 0 aliphatic heterocycles. The lowest BCUT2D eigenvalue weighted by atomic mass is 9.83. The van der Waals surface area contributed by atoms with Gasteiger partial charge in [0.25, 0.3) is 0 Å². The third-order valence-corrected chi connectivity index (χ3v) is 12.9. The zero-order valence-electron chi connectivity index (χ0n) is 47.0. The Morgan fingerprint density at radius 1 is 0.229 bits per heavy atom. The van der Waals surface area contributed by atoms with Crippen molar-refractivity contribution in [2.24, 2.45) is 0 Å². The molecule has 0 fully saturated rings. The van der Waals surface area contributed by atoms with E-state index in [-0.39, 0.29) is 0 Å². The number of rotatable bonds is 24. The van der Waals surface area contributed by atoms with Crippen molar-refractivity contribution in [1.29, 1.82) is 0 Å². The van der Waals surface area contributed by atoms with E-state index < -0.39 is 0 Å². The highest BCUT2D eigenvalue weighted by molar-refractivity contribution is 5.46. The molecule has 0 spiro atoms. The Morgan fingerprint density at radius 3 is 0.700 bits per heavy atom. The van der Waals surface area contributed by atoms with Gasteiger partial charge in [0.1, 0.15) is 0 Å². The molecule has 0 atom stereocenters. The topological polar surface area (TPSA) is 0 Å². The first-order valence-corrected chi connectivity index (χ1v) is 28.4. The van der Waals surface area contributed by atoms with E-state index in [2.05, 4.69) is 136 Å².